The molecule has 2 aliphatic heterocycles. The lowest BCUT2D eigenvalue weighted by Gasteiger charge is -2.23. The first kappa shape index (κ1) is 17.2. The van der Waals surface area contributed by atoms with Gasteiger partial charge < -0.3 is 19.9 Å². The Balaban J connectivity index is 1.57. The van der Waals surface area contributed by atoms with Gasteiger partial charge in [0.2, 0.25) is 0 Å². The minimum atomic E-state index is -0.182. The zero-order valence-electron chi connectivity index (χ0n) is 14.9. The van der Waals surface area contributed by atoms with Crippen molar-refractivity contribution in [3.63, 3.8) is 0 Å². The molecule has 0 bridgehead atoms. The molecule has 2 N–H and O–H groups in total. The second-order valence-corrected chi connectivity index (χ2v) is 7.50. The normalized spacial score (nSPS) is 23.8. The van der Waals surface area contributed by atoms with Gasteiger partial charge in [-0.05, 0) is 37.9 Å². The van der Waals surface area contributed by atoms with Crippen LogP contribution in [0, 0.1) is 11.8 Å². The van der Waals surface area contributed by atoms with E-state index in [-0.39, 0.29) is 24.0 Å². The molecular formula is C20H25N3O3. The van der Waals surface area contributed by atoms with Crippen LogP contribution in [0.1, 0.15) is 23.2 Å². The Kier molecular flexibility index (Phi) is 4.78. The quantitative estimate of drug-likeness (QED) is 0.867. The number of nitrogens with zero attached hydrogens (tertiary/aromatic N) is 2. The smallest absolute Gasteiger partial charge is 0.255 e. The maximum absolute atomic E-state index is 13.1. The van der Waals surface area contributed by atoms with Gasteiger partial charge in [-0.25, -0.2) is 0 Å². The fourth-order valence-electron chi connectivity index (χ4n) is 4.37. The molecule has 1 amide bonds. The molecule has 2 fully saturated rings. The van der Waals surface area contributed by atoms with Crippen LogP contribution in [0.5, 0.6) is 0 Å². The summed E-state index contributed by atoms with van der Waals surface area (Å²) in [6, 6.07) is 7.20. The van der Waals surface area contributed by atoms with Gasteiger partial charge in [0.25, 0.3) is 11.5 Å². The first-order chi connectivity index (χ1) is 12.7. The summed E-state index contributed by atoms with van der Waals surface area (Å²) in [4.78, 5) is 32.1. The number of aliphatic hydroxyl groups is 1. The maximum Gasteiger partial charge on any atom is 0.255 e. The molecule has 1 aromatic carbocycles. The number of nitrogens with one attached hydrogen (secondary N) is 1. The summed E-state index contributed by atoms with van der Waals surface area (Å²) >= 11 is 0. The summed E-state index contributed by atoms with van der Waals surface area (Å²) in [5, 5.41) is 11.0. The number of aromatic amines is 1. The second kappa shape index (κ2) is 7.21. The van der Waals surface area contributed by atoms with Crippen LogP contribution in [-0.2, 0) is 0 Å². The molecule has 3 heterocycles. The van der Waals surface area contributed by atoms with Gasteiger partial charge in [-0.3, -0.25) is 9.59 Å². The zero-order valence-corrected chi connectivity index (χ0v) is 14.9. The average Bonchev–Trinajstić information content (AvgIpc) is 3.32. The van der Waals surface area contributed by atoms with E-state index in [9.17, 15) is 14.7 Å². The Morgan fingerprint density at radius 1 is 1.12 bits per heavy atom. The van der Waals surface area contributed by atoms with Crippen molar-refractivity contribution in [3.05, 3.63) is 46.4 Å². The molecule has 6 nitrogen and oxygen atoms in total. The molecule has 2 aromatic rings. The molecule has 0 radical (unpaired) electrons. The number of pyridine rings is 1. The number of aromatic nitrogens is 1. The summed E-state index contributed by atoms with van der Waals surface area (Å²) in [5.41, 5.74) is 0.345. The molecular weight excluding hydrogens is 330 g/mol. The Morgan fingerprint density at radius 2 is 1.81 bits per heavy atom. The van der Waals surface area contributed by atoms with E-state index in [2.05, 4.69) is 9.88 Å². The predicted molar refractivity (Wildman–Crippen MR) is 100 cm³/mol. The lowest BCUT2D eigenvalue weighted by atomic mass is 9.96. The van der Waals surface area contributed by atoms with Gasteiger partial charge in [-0.15, -0.1) is 0 Å². The van der Waals surface area contributed by atoms with Crippen molar-refractivity contribution in [3.8, 4) is 0 Å². The summed E-state index contributed by atoms with van der Waals surface area (Å²) in [6.45, 7) is 4.52. The highest BCUT2D eigenvalue weighted by Crippen LogP contribution is 2.28. The molecule has 2 atom stereocenters. The van der Waals surface area contributed by atoms with Crippen molar-refractivity contribution in [1.82, 2.24) is 14.8 Å². The van der Waals surface area contributed by atoms with Crippen LogP contribution in [-0.4, -0.2) is 65.1 Å². The fraction of sp³-hybridized carbons (Fsp3) is 0.500. The lowest BCUT2D eigenvalue weighted by molar-refractivity contribution is 0.0781. The largest absolute Gasteiger partial charge is 0.396 e. The number of carbonyl (C=O) groups excluding carboxylic acids is 1. The molecule has 138 valence electrons. The molecule has 2 aliphatic rings. The van der Waals surface area contributed by atoms with Crippen LogP contribution in [0.2, 0.25) is 0 Å². The molecule has 1 aromatic heterocycles. The van der Waals surface area contributed by atoms with E-state index in [1.54, 1.807) is 12.1 Å². The van der Waals surface area contributed by atoms with Crippen molar-refractivity contribution in [2.45, 2.75) is 12.8 Å². The van der Waals surface area contributed by atoms with E-state index in [1.807, 2.05) is 17.0 Å². The van der Waals surface area contributed by atoms with Gasteiger partial charge in [-0.2, -0.15) is 0 Å². The zero-order chi connectivity index (χ0) is 18.1. The lowest BCUT2D eigenvalue weighted by Crippen LogP contribution is -2.33. The highest BCUT2D eigenvalue weighted by molar-refractivity contribution is 6.06. The van der Waals surface area contributed by atoms with Crippen molar-refractivity contribution in [2.24, 2.45) is 11.8 Å². The number of fused-ring (bicyclic) bond motifs is 1. The first-order valence-corrected chi connectivity index (χ1v) is 9.40. The van der Waals surface area contributed by atoms with Crippen molar-refractivity contribution >= 4 is 16.7 Å². The number of likely N-dealkylation sites (tertiary alicyclic amines) is 2. The number of carbonyl (C=O) groups is 1. The van der Waals surface area contributed by atoms with Crippen molar-refractivity contribution < 1.29 is 9.90 Å². The minimum absolute atomic E-state index is 0.0696. The van der Waals surface area contributed by atoms with Gasteiger partial charge in [0, 0.05) is 49.1 Å². The first-order valence-electron chi connectivity index (χ1n) is 9.40. The molecule has 0 saturated carbocycles. The third-order valence-electron chi connectivity index (χ3n) is 5.83. The topological polar surface area (TPSA) is 76.6 Å². The van der Waals surface area contributed by atoms with E-state index in [1.165, 1.54) is 19.0 Å². The van der Waals surface area contributed by atoms with Gasteiger partial charge >= 0.3 is 0 Å². The molecule has 0 spiro atoms. The second-order valence-electron chi connectivity index (χ2n) is 7.50. The summed E-state index contributed by atoms with van der Waals surface area (Å²) in [7, 11) is 0. The Labute approximate surface area is 152 Å². The van der Waals surface area contributed by atoms with E-state index >= 15 is 0 Å². The van der Waals surface area contributed by atoms with Crippen LogP contribution in [0.3, 0.4) is 0 Å². The van der Waals surface area contributed by atoms with E-state index in [4.69, 9.17) is 0 Å². The van der Waals surface area contributed by atoms with Gasteiger partial charge in [0.1, 0.15) is 0 Å². The fourth-order valence-corrected chi connectivity index (χ4v) is 4.37. The van der Waals surface area contributed by atoms with E-state index in [0.717, 1.165) is 19.6 Å². The minimum Gasteiger partial charge on any atom is -0.396 e. The highest BCUT2D eigenvalue weighted by atomic mass is 16.3. The number of aliphatic hydroxyl groups excluding tert-OH is 1. The monoisotopic (exact) mass is 355 g/mol. The number of H-pyrrole nitrogens is 1. The number of hydrogen-bond donors (Lipinski definition) is 2. The molecule has 0 unspecified atom stereocenters. The van der Waals surface area contributed by atoms with Crippen LogP contribution >= 0.6 is 0 Å². The van der Waals surface area contributed by atoms with E-state index < -0.39 is 0 Å². The number of benzene rings is 1. The van der Waals surface area contributed by atoms with E-state index in [0.29, 0.717) is 35.3 Å². The van der Waals surface area contributed by atoms with Gasteiger partial charge in [0.15, 0.2) is 0 Å². The van der Waals surface area contributed by atoms with Gasteiger partial charge in [0.05, 0.1) is 5.56 Å². The highest BCUT2D eigenvalue weighted by Gasteiger charge is 2.36. The van der Waals surface area contributed by atoms with Gasteiger partial charge in [-0.1, -0.05) is 18.2 Å². The van der Waals surface area contributed by atoms with Crippen molar-refractivity contribution in [1.29, 1.82) is 0 Å². The summed E-state index contributed by atoms with van der Waals surface area (Å²) in [5.74, 6) is 0.351. The third kappa shape index (κ3) is 3.15. The van der Waals surface area contributed by atoms with Crippen molar-refractivity contribution in [2.75, 3.05) is 39.3 Å². The number of amides is 1. The molecule has 6 heteroatoms. The van der Waals surface area contributed by atoms with Crippen LogP contribution < -0.4 is 5.56 Å². The van der Waals surface area contributed by atoms with Crippen LogP contribution in [0.25, 0.3) is 10.8 Å². The standard InChI is InChI=1S/C20H25N3O3/c24-13-15-12-23(11-14(15)10-22-7-3-4-8-22)20(26)18-9-21-19(25)17-6-2-1-5-16(17)18/h1-2,5-6,9,14-15,24H,3-4,7-8,10-13H2,(H,21,25)/t14-,15-/m0/s1. The maximum atomic E-state index is 13.1. The average molecular weight is 355 g/mol. The number of hydrogen-bond acceptors (Lipinski definition) is 4. The molecule has 4 rings (SSSR count). The molecule has 2 saturated heterocycles. The predicted octanol–water partition coefficient (Wildman–Crippen LogP) is 1.30. The Hall–Kier alpha value is -2.18. The summed E-state index contributed by atoms with van der Waals surface area (Å²) < 4.78 is 0. The SMILES string of the molecule is O=C(c1c[nH]c(=O)c2ccccc12)N1C[C@@H](CO)[C@@H](CN2CCCC2)C1. The Bertz CT molecular complexity index is 857. The third-order valence-corrected chi connectivity index (χ3v) is 5.83. The Morgan fingerprint density at radius 3 is 2.54 bits per heavy atom. The molecule has 26 heavy (non-hydrogen) atoms. The molecule has 0 aliphatic carbocycles. The number of rotatable bonds is 4. The van der Waals surface area contributed by atoms with Crippen LogP contribution in [0.15, 0.2) is 35.3 Å². The van der Waals surface area contributed by atoms with Crippen LogP contribution in [0.4, 0.5) is 0 Å². The summed E-state index contributed by atoms with van der Waals surface area (Å²) in [6.07, 6.45) is 4.00.